The maximum Gasteiger partial charge on any atom is 0.320 e. The van der Waals surface area contributed by atoms with Crippen LogP contribution in [0, 0.1) is 5.41 Å². The Hall–Kier alpha value is -0.420. The number of thiol groups is 1. The molecule has 0 N–H and O–H groups in total. The molecule has 2 heterocycles. The molecule has 0 aliphatic carbocycles. The Balaban J connectivity index is 1.84. The van der Waals surface area contributed by atoms with Crippen LogP contribution in [0.25, 0.3) is 0 Å². The zero-order valence-corrected chi connectivity index (χ0v) is 11.7. The molecule has 0 radical (unpaired) electrons. The van der Waals surface area contributed by atoms with E-state index in [1.54, 1.807) is 0 Å². The average Bonchev–Trinajstić information content (AvgIpc) is 2.29. The average molecular weight is 257 g/mol. The van der Waals surface area contributed by atoms with Crippen molar-refractivity contribution >= 4 is 18.8 Å². The smallest absolute Gasteiger partial charge is 0.320 e. The van der Waals surface area contributed by atoms with Crippen molar-refractivity contribution in [2.75, 3.05) is 39.3 Å². The molecule has 0 atom stereocenters. The van der Waals surface area contributed by atoms with Crippen molar-refractivity contribution in [2.24, 2.45) is 5.41 Å². The summed E-state index contributed by atoms with van der Waals surface area (Å²) < 4.78 is 2.08. The molecule has 2 fully saturated rings. The maximum absolute atomic E-state index is 12.1. The molecule has 17 heavy (non-hydrogen) atoms. The summed E-state index contributed by atoms with van der Waals surface area (Å²) in [6.45, 7) is 9.69. The van der Waals surface area contributed by atoms with Crippen molar-refractivity contribution < 1.29 is 4.79 Å². The van der Waals surface area contributed by atoms with E-state index in [-0.39, 0.29) is 6.03 Å². The van der Waals surface area contributed by atoms with Gasteiger partial charge in [-0.15, -0.1) is 0 Å². The molecular formula is C12H23N3OS. The monoisotopic (exact) mass is 257 g/mol. The molecule has 5 heteroatoms. The number of urea groups is 1. The van der Waals surface area contributed by atoms with E-state index in [0.717, 1.165) is 39.3 Å². The lowest BCUT2D eigenvalue weighted by Crippen LogP contribution is -2.63. The molecule has 2 amide bonds. The quantitative estimate of drug-likeness (QED) is 0.762. The highest BCUT2D eigenvalue weighted by molar-refractivity contribution is 7.77. The van der Waals surface area contributed by atoms with Gasteiger partial charge in [0.25, 0.3) is 0 Å². The van der Waals surface area contributed by atoms with Crippen LogP contribution in [0.1, 0.15) is 26.7 Å². The summed E-state index contributed by atoms with van der Waals surface area (Å²) in [4.78, 5) is 16.0. The summed E-state index contributed by atoms with van der Waals surface area (Å²) in [5.74, 6) is 0. The van der Waals surface area contributed by atoms with E-state index in [4.69, 9.17) is 0 Å². The fourth-order valence-corrected chi connectivity index (χ4v) is 3.08. The van der Waals surface area contributed by atoms with Gasteiger partial charge >= 0.3 is 6.03 Å². The SMILES string of the molecule is CCN(CC)C(=O)N1CC2(CCN(S)CC2)C1. The van der Waals surface area contributed by atoms with Gasteiger partial charge in [0.2, 0.25) is 0 Å². The van der Waals surface area contributed by atoms with E-state index in [0.29, 0.717) is 5.41 Å². The third-order valence-corrected chi connectivity index (χ3v) is 4.56. The van der Waals surface area contributed by atoms with E-state index in [2.05, 4.69) is 17.1 Å². The summed E-state index contributed by atoms with van der Waals surface area (Å²) >= 11 is 4.37. The number of hydrogen-bond acceptors (Lipinski definition) is 3. The highest BCUT2D eigenvalue weighted by atomic mass is 32.1. The number of carbonyl (C=O) groups excluding carboxylic acids is 1. The van der Waals surface area contributed by atoms with E-state index >= 15 is 0 Å². The minimum Gasteiger partial charge on any atom is -0.325 e. The summed E-state index contributed by atoms with van der Waals surface area (Å²) in [6.07, 6.45) is 2.36. The van der Waals surface area contributed by atoms with Crippen LogP contribution in [0.5, 0.6) is 0 Å². The van der Waals surface area contributed by atoms with Gasteiger partial charge in [0.05, 0.1) is 0 Å². The normalized spacial score (nSPS) is 23.6. The predicted molar refractivity (Wildman–Crippen MR) is 72.1 cm³/mol. The van der Waals surface area contributed by atoms with Crippen LogP contribution < -0.4 is 0 Å². The molecule has 2 aliphatic rings. The van der Waals surface area contributed by atoms with E-state index in [1.807, 2.05) is 23.6 Å². The number of likely N-dealkylation sites (tertiary alicyclic amines) is 1. The molecule has 4 nitrogen and oxygen atoms in total. The Bertz CT molecular complexity index is 277. The molecule has 0 aromatic heterocycles. The fraction of sp³-hybridized carbons (Fsp3) is 0.917. The third-order valence-electron chi connectivity index (χ3n) is 4.16. The van der Waals surface area contributed by atoms with Crippen LogP contribution in [-0.4, -0.2) is 59.4 Å². The van der Waals surface area contributed by atoms with Crippen molar-refractivity contribution in [3.8, 4) is 0 Å². The first-order valence-corrected chi connectivity index (χ1v) is 6.98. The highest BCUT2D eigenvalue weighted by Gasteiger charge is 2.46. The maximum atomic E-state index is 12.1. The summed E-state index contributed by atoms with van der Waals surface area (Å²) in [6, 6.07) is 0.217. The molecule has 0 aromatic carbocycles. The molecule has 0 bridgehead atoms. The molecule has 0 unspecified atom stereocenters. The van der Waals surface area contributed by atoms with Gasteiger partial charge in [0, 0.05) is 44.7 Å². The molecular weight excluding hydrogens is 234 g/mol. The number of amides is 2. The second kappa shape index (κ2) is 5.06. The van der Waals surface area contributed by atoms with Crippen LogP contribution in [0.2, 0.25) is 0 Å². The van der Waals surface area contributed by atoms with E-state index < -0.39 is 0 Å². The van der Waals surface area contributed by atoms with Crippen LogP contribution in [-0.2, 0) is 0 Å². The molecule has 0 aromatic rings. The zero-order valence-electron chi connectivity index (χ0n) is 10.9. The van der Waals surface area contributed by atoms with Crippen molar-refractivity contribution in [2.45, 2.75) is 26.7 Å². The minimum absolute atomic E-state index is 0.217. The summed E-state index contributed by atoms with van der Waals surface area (Å²) in [5.41, 5.74) is 0.405. The lowest BCUT2D eigenvalue weighted by atomic mass is 9.72. The van der Waals surface area contributed by atoms with Crippen molar-refractivity contribution in [3.63, 3.8) is 0 Å². The Morgan fingerprint density at radius 1 is 1.24 bits per heavy atom. The predicted octanol–water partition coefficient (Wildman–Crippen LogP) is 1.69. The van der Waals surface area contributed by atoms with E-state index in [9.17, 15) is 4.79 Å². The third kappa shape index (κ3) is 2.55. The second-order valence-electron chi connectivity index (χ2n) is 5.26. The lowest BCUT2D eigenvalue weighted by molar-refractivity contribution is -0.0147. The Labute approximate surface area is 109 Å². The van der Waals surface area contributed by atoms with E-state index in [1.165, 1.54) is 12.8 Å². The molecule has 2 rings (SSSR count). The first-order valence-electron chi connectivity index (χ1n) is 6.58. The number of piperidine rings is 1. The van der Waals surface area contributed by atoms with Crippen LogP contribution in [0.3, 0.4) is 0 Å². The Morgan fingerprint density at radius 3 is 2.24 bits per heavy atom. The van der Waals surface area contributed by atoms with Gasteiger partial charge in [-0.3, -0.25) is 4.31 Å². The second-order valence-corrected chi connectivity index (χ2v) is 5.83. The molecule has 2 aliphatic heterocycles. The zero-order chi connectivity index (χ0) is 12.5. The highest BCUT2D eigenvalue weighted by Crippen LogP contribution is 2.41. The van der Waals surface area contributed by atoms with Gasteiger partial charge in [0.15, 0.2) is 0 Å². The minimum atomic E-state index is 0.217. The van der Waals surface area contributed by atoms with Crippen molar-refractivity contribution in [1.82, 2.24) is 14.1 Å². The summed E-state index contributed by atoms with van der Waals surface area (Å²) in [7, 11) is 0. The van der Waals surface area contributed by atoms with Gasteiger partial charge in [0.1, 0.15) is 0 Å². The molecule has 98 valence electrons. The van der Waals surface area contributed by atoms with Gasteiger partial charge in [-0.25, -0.2) is 4.79 Å². The topological polar surface area (TPSA) is 26.8 Å². The Morgan fingerprint density at radius 2 is 1.76 bits per heavy atom. The summed E-state index contributed by atoms with van der Waals surface area (Å²) in [5, 5.41) is 0. The van der Waals surface area contributed by atoms with Gasteiger partial charge in [-0.2, -0.15) is 0 Å². The lowest BCUT2D eigenvalue weighted by Gasteiger charge is -2.54. The van der Waals surface area contributed by atoms with Crippen LogP contribution in [0.4, 0.5) is 4.79 Å². The number of carbonyl (C=O) groups is 1. The standard InChI is InChI=1S/C12H23N3OS/c1-3-13(4-2)11(16)14-9-12(10-14)5-7-15(17)8-6-12/h17H,3-10H2,1-2H3. The van der Waals surface area contributed by atoms with Crippen LogP contribution in [0.15, 0.2) is 0 Å². The van der Waals surface area contributed by atoms with Gasteiger partial charge < -0.3 is 9.80 Å². The molecule has 1 spiro atoms. The van der Waals surface area contributed by atoms with Gasteiger partial charge in [-0.05, 0) is 26.7 Å². The van der Waals surface area contributed by atoms with Crippen LogP contribution >= 0.6 is 12.8 Å². The van der Waals surface area contributed by atoms with Gasteiger partial charge in [-0.1, -0.05) is 12.8 Å². The Kier molecular flexibility index (Phi) is 3.88. The first kappa shape index (κ1) is 13.0. The molecule has 2 saturated heterocycles. The number of nitrogens with zero attached hydrogens (tertiary/aromatic N) is 3. The fourth-order valence-electron chi connectivity index (χ4n) is 2.88. The molecule has 0 saturated carbocycles. The van der Waals surface area contributed by atoms with Crippen molar-refractivity contribution in [3.05, 3.63) is 0 Å². The first-order chi connectivity index (χ1) is 8.10. The number of hydrogen-bond donors (Lipinski definition) is 1. The van der Waals surface area contributed by atoms with Crippen molar-refractivity contribution in [1.29, 1.82) is 0 Å². The largest absolute Gasteiger partial charge is 0.325 e. The number of rotatable bonds is 2.